The molecule has 0 aliphatic carbocycles. The molecule has 2 rings (SSSR count). The van der Waals surface area contributed by atoms with Crippen LogP contribution in [0.2, 0.25) is 0 Å². The molecule has 1 fully saturated rings. The van der Waals surface area contributed by atoms with Crippen molar-refractivity contribution in [2.75, 3.05) is 23.5 Å². The summed E-state index contributed by atoms with van der Waals surface area (Å²) in [6.45, 7) is 0. The van der Waals surface area contributed by atoms with Crippen molar-refractivity contribution in [2.24, 2.45) is 0 Å². The zero-order valence-corrected chi connectivity index (χ0v) is 10.4. The molecule has 1 aromatic rings. The second-order valence-electron chi connectivity index (χ2n) is 4.30. The molecule has 0 spiro atoms. The monoisotopic (exact) mass is 250 g/mol. The topological polar surface area (TPSA) is 61.2 Å². The summed E-state index contributed by atoms with van der Waals surface area (Å²) in [5, 5.41) is 9.02. The predicted octanol–water partition coefficient (Wildman–Crippen LogP) is 1.18. The normalized spacial score (nSPS) is 22.0. The molecule has 1 atom stereocenters. The van der Waals surface area contributed by atoms with E-state index in [2.05, 4.69) is 6.07 Å². The Morgan fingerprint density at radius 1 is 1.41 bits per heavy atom. The second-order valence-corrected chi connectivity index (χ2v) is 6.53. The molecule has 1 heterocycles. The quantitative estimate of drug-likeness (QED) is 0.790. The minimum absolute atomic E-state index is 0.0190. The summed E-state index contributed by atoms with van der Waals surface area (Å²) in [6.07, 6.45) is 0.637. The van der Waals surface area contributed by atoms with Gasteiger partial charge in [0.1, 0.15) is 6.07 Å². The number of rotatable bonds is 2. The lowest BCUT2D eigenvalue weighted by molar-refractivity contribution is 0.601. The van der Waals surface area contributed by atoms with Gasteiger partial charge in [-0.1, -0.05) is 12.1 Å². The first-order chi connectivity index (χ1) is 8.03. The first-order valence-electron chi connectivity index (χ1n) is 5.46. The van der Waals surface area contributed by atoms with Crippen molar-refractivity contribution in [1.29, 1.82) is 5.26 Å². The summed E-state index contributed by atoms with van der Waals surface area (Å²) in [4.78, 5) is 1.91. The molecule has 0 aromatic heterocycles. The van der Waals surface area contributed by atoms with Crippen molar-refractivity contribution in [3.05, 3.63) is 29.8 Å². The van der Waals surface area contributed by atoms with Gasteiger partial charge in [0.2, 0.25) is 0 Å². The van der Waals surface area contributed by atoms with Crippen molar-refractivity contribution in [3.8, 4) is 6.07 Å². The molecule has 17 heavy (non-hydrogen) atoms. The van der Waals surface area contributed by atoms with Crippen molar-refractivity contribution in [3.63, 3.8) is 0 Å². The van der Waals surface area contributed by atoms with E-state index in [1.165, 1.54) is 0 Å². The predicted molar refractivity (Wildman–Crippen MR) is 66.6 cm³/mol. The standard InChI is InChI=1S/C12H14N2O2S/c1-14(11-6-7-17(15,16)9-11)12-5-3-2-4-10(12)8-13/h2-5,11H,6-7,9H2,1H3. The van der Waals surface area contributed by atoms with Crippen molar-refractivity contribution >= 4 is 15.5 Å². The SMILES string of the molecule is CN(c1ccccc1C#N)C1CCS(=O)(=O)C1. The minimum atomic E-state index is -2.89. The summed E-state index contributed by atoms with van der Waals surface area (Å²) in [5.74, 6) is 0.431. The summed E-state index contributed by atoms with van der Waals surface area (Å²) in [5.41, 5.74) is 1.39. The van der Waals surface area contributed by atoms with Gasteiger partial charge in [-0.25, -0.2) is 8.42 Å². The molecule has 1 aliphatic rings. The average Bonchev–Trinajstić information content (AvgIpc) is 2.68. The molecule has 0 bridgehead atoms. The molecule has 0 saturated carbocycles. The summed E-state index contributed by atoms with van der Waals surface area (Å²) in [6, 6.07) is 9.37. The van der Waals surface area contributed by atoms with Gasteiger partial charge in [0, 0.05) is 13.1 Å². The largest absolute Gasteiger partial charge is 0.369 e. The number of benzene rings is 1. The van der Waals surface area contributed by atoms with E-state index in [4.69, 9.17) is 5.26 Å². The van der Waals surface area contributed by atoms with Crippen LogP contribution in [0, 0.1) is 11.3 Å². The first kappa shape index (κ1) is 11.9. The zero-order chi connectivity index (χ0) is 12.5. The number of sulfone groups is 1. The van der Waals surface area contributed by atoms with E-state index in [9.17, 15) is 8.42 Å². The van der Waals surface area contributed by atoms with Crippen LogP contribution in [0.1, 0.15) is 12.0 Å². The molecule has 90 valence electrons. The molecule has 1 unspecified atom stereocenters. The summed E-state index contributed by atoms with van der Waals surface area (Å²) in [7, 11) is -1.04. The van der Waals surface area contributed by atoms with E-state index in [0.29, 0.717) is 12.0 Å². The van der Waals surface area contributed by atoms with Gasteiger partial charge in [0.25, 0.3) is 0 Å². The van der Waals surface area contributed by atoms with E-state index in [1.807, 2.05) is 24.1 Å². The number of hydrogen-bond donors (Lipinski definition) is 0. The summed E-state index contributed by atoms with van der Waals surface area (Å²) >= 11 is 0. The maximum absolute atomic E-state index is 11.4. The second kappa shape index (κ2) is 4.38. The fourth-order valence-electron chi connectivity index (χ4n) is 2.15. The minimum Gasteiger partial charge on any atom is -0.369 e. The van der Waals surface area contributed by atoms with Crippen LogP contribution in [0.25, 0.3) is 0 Å². The van der Waals surface area contributed by atoms with Crippen molar-refractivity contribution in [1.82, 2.24) is 0 Å². The van der Waals surface area contributed by atoms with Crippen LogP contribution in [0.5, 0.6) is 0 Å². The van der Waals surface area contributed by atoms with Crippen LogP contribution in [0.4, 0.5) is 5.69 Å². The van der Waals surface area contributed by atoms with E-state index in [1.54, 1.807) is 12.1 Å². The fraction of sp³-hybridized carbons (Fsp3) is 0.417. The Labute approximate surface area is 101 Å². The van der Waals surface area contributed by atoms with Crippen LogP contribution < -0.4 is 4.90 Å². The molecule has 1 aliphatic heterocycles. The molecule has 4 nitrogen and oxygen atoms in total. The Morgan fingerprint density at radius 3 is 2.71 bits per heavy atom. The molecule has 1 aromatic carbocycles. The van der Waals surface area contributed by atoms with Crippen molar-refractivity contribution in [2.45, 2.75) is 12.5 Å². The summed E-state index contributed by atoms with van der Waals surface area (Å²) < 4.78 is 22.9. The van der Waals surface area contributed by atoms with Gasteiger partial charge in [-0.15, -0.1) is 0 Å². The van der Waals surface area contributed by atoms with E-state index < -0.39 is 9.84 Å². The zero-order valence-electron chi connectivity index (χ0n) is 9.63. The molecule has 0 amide bonds. The Balaban J connectivity index is 2.27. The fourth-order valence-corrected chi connectivity index (χ4v) is 3.93. The maximum atomic E-state index is 11.4. The molecular formula is C12H14N2O2S. The lowest BCUT2D eigenvalue weighted by Gasteiger charge is -2.26. The highest BCUT2D eigenvalue weighted by molar-refractivity contribution is 7.91. The van der Waals surface area contributed by atoms with Gasteiger partial charge in [-0.3, -0.25) is 0 Å². The number of anilines is 1. The van der Waals surface area contributed by atoms with Crippen LogP contribution in [0.3, 0.4) is 0 Å². The number of para-hydroxylation sites is 1. The number of nitrogens with zero attached hydrogens (tertiary/aromatic N) is 2. The maximum Gasteiger partial charge on any atom is 0.152 e. The first-order valence-corrected chi connectivity index (χ1v) is 7.28. The molecular weight excluding hydrogens is 236 g/mol. The van der Waals surface area contributed by atoms with Crippen LogP contribution in [0.15, 0.2) is 24.3 Å². The highest BCUT2D eigenvalue weighted by atomic mass is 32.2. The van der Waals surface area contributed by atoms with Crippen molar-refractivity contribution < 1.29 is 8.42 Å². The molecule has 5 heteroatoms. The lowest BCUT2D eigenvalue weighted by Crippen LogP contribution is -2.33. The van der Waals surface area contributed by atoms with Gasteiger partial charge in [0.05, 0.1) is 22.8 Å². The number of nitriles is 1. The van der Waals surface area contributed by atoms with E-state index >= 15 is 0 Å². The molecule has 0 radical (unpaired) electrons. The highest BCUT2D eigenvalue weighted by Gasteiger charge is 2.31. The Hall–Kier alpha value is -1.54. The van der Waals surface area contributed by atoms with E-state index in [-0.39, 0.29) is 17.5 Å². The Bertz CT molecular complexity index is 560. The third-order valence-electron chi connectivity index (χ3n) is 3.16. The van der Waals surface area contributed by atoms with Gasteiger partial charge in [-0.05, 0) is 18.6 Å². The molecule has 1 saturated heterocycles. The number of hydrogen-bond acceptors (Lipinski definition) is 4. The van der Waals surface area contributed by atoms with Gasteiger partial charge in [0.15, 0.2) is 9.84 Å². The highest BCUT2D eigenvalue weighted by Crippen LogP contribution is 2.25. The van der Waals surface area contributed by atoms with Crippen LogP contribution in [-0.2, 0) is 9.84 Å². The lowest BCUT2D eigenvalue weighted by atomic mass is 10.1. The molecule has 0 N–H and O–H groups in total. The smallest absolute Gasteiger partial charge is 0.152 e. The van der Waals surface area contributed by atoms with Gasteiger partial charge >= 0.3 is 0 Å². The van der Waals surface area contributed by atoms with E-state index in [0.717, 1.165) is 5.69 Å². The van der Waals surface area contributed by atoms with Gasteiger partial charge in [-0.2, -0.15) is 5.26 Å². The van der Waals surface area contributed by atoms with Crippen LogP contribution >= 0.6 is 0 Å². The Kier molecular flexibility index (Phi) is 3.07. The third-order valence-corrected chi connectivity index (χ3v) is 4.91. The van der Waals surface area contributed by atoms with Crippen LogP contribution in [-0.4, -0.2) is 33.0 Å². The van der Waals surface area contributed by atoms with Gasteiger partial charge < -0.3 is 4.90 Å². The average molecular weight is 250 g/mol. The third kappa shape index (κ3) is 2.42. The Morgan fingerprint density at radius 2 is 2.12 bits per heavy atom.